The van der Waals surface area contributed by atoms with Gasteiger partial charge in [0.05, 0.1) is 36.8 Å². The number of benzene rings is 2. The number of para-hydroxylation sites is 2. The first kappa shape index (κ1) is 41.4. The molecule has 0 saturated heterocycles. The SMILES string of the molecule is CCc1c(C(=O)OC(C)(C)C)[nH]c(CNc2ccc(OC)cc2)c1C(=O)NCc1nc2ccccc2[nH]1.O=C(O)C(F)(F)F.O=C(O)C(F)(F)F. The molecule has 51 heavy (non-hydrogen) atoms. The van der Waals surface area contributed by atoms with E-state index in [0.717, 1.165) is 22.5 Å². The molecule has 0 saturated carbocycles. The lowest BCUT2D eigenvalue weighted by Gasteiger charge is -2.19. The molecule has 2 aromatic heterocycles. The smallest absolute Gasteiger partial charge is 0.490 e. The minimum Gasteiger partial charge on any atom is -0.497 e. The van der Waals surface area contributed by atoms with Gasteiger partial charge in [0.1, 0.15) is 22.9 Å². The van der Waals surface area contributed by atoms with Crippen molar-refractivity contribution in [2.24, 2.45) is 0 Å². The summed E-state index contributed by atoms with van der Waals surface area (Å²) in [7, 11) is 1.61. The Morgan fingerprint density at radius 2 is 1.39 bits per heavy atom. The van der Waals surface area contributed by atoms with E-state index >= 15 is 0 Å². The number of nitrogens with one attached hydrogen (secondary N) is 4. The molecule has 0 unspecified atom stereocenters. The number of aromatic nitrogens is 3. The highest BCUT2D eigenvalue weighted by molar-refractivity contribution is 6.01. The molecular formula is C32H35F6N5O8. The fourth-order valence-electron chi connectivity index (χ4n) is 4.10. The van der Waals surface area contributed by atoms with E-state index < -0.39 is 35.9 Å². The van der Waals surface area contributed by atoms with Gasteiger partial charge in [-0.1, -0.05) is 19.1 Å². The van der Waals surface area contributed by atoms with Gasteiger partial charge < -0.3 is 40.3 Å². The molecule has 0 aliphatic rings. The van der Waals surface area contributed by atoms with Crippen LogP contribution >= 0.6 is 0 Å². The fourth-order valence-corrected chi connectivity index (χ4v) is 4.10. The van der Waals surface area contributed by atoms with Crippen molar-refractivity contribution in [3.05, 3.63) is 76.9 Å². The van der Waals surface area contributed by atoms with E-state index in [2.05, 4.69) is 25.6 Å². The van der Waals surface area contributed by atoms with E-state index in [4.69, 9.17) is 29.3 Å². The first-order chi connectivity index (χ1) is 23.6. The van der Waals surface area contributed by atoms with Crippen LogP contribution < -0.4 is 15.4 Å². The minimum atomic E-state index is -5.08. The second-order valence-corrected chi connectivity index (χ2v) is 11.3. The van der Waals surface area contributed by atoms with Crippen molar-refractivity contribution in [3.63, 3.8) is 0 Å². The topological polar surface area (TPSA) is 196 Å². The number of carboxylic acids is 2. The summed E-state index contributed by atoms with van der Waals surface area (Å²) in [5.41, 5.74) is 3.84. The lowest BCUT2D eigenvalue weighted by atomic mass is 10.0. The van der Waals surface area contributed by atoms with E-state index in [1.54, 1.807) is 7.11 Å². The monoisotopic (exact) mass is 731 g/mol. The van der Waals surface area contributed by atoms with Gasteiger partial charge in [-0.05, 0) is 69.2 Å². The van der Waals surface area contributed by atoms with E-state index in [-0.39, 0.29) is 18.1 Å². The third-order valence-corrected chi connectivity index (χ3v) is 6.26. The first-order valence-electron chi connectivity index (χ1n) is 14.7. The van der Waals surface area contributed by atoms with Gasteiger partial charge in [-0.2, -0.15) is 26.3 Å². The summed E-state index contributed by atoms with van der Waals surface area (Å²) in [4.78, 5) is 55.2. The summed E-state index contributed by atoms with van der Waals surface area (Å²) >= 11 is 0. The number of ether oxygens (including phenoxy) is 2. The van der Waals surface area contributed by atoms with Crippen molar-refractivity contribution in [2.45, 2.75) is 65.2 Å². The first-order valence-corrected chi connectivity index (χ1v) is 14.7. The zero-order valence-electron chi connectivity index (χ0n) is 27.8. The van der Waals surface area contributed by atoms with Crippen molar-refractivity contribution in [1.29, 1.82) is 0 Å². The number of fused-ring (bicyclic) bond motifs is 1. The Morgan fingerprint density at radius 3 is 1.86 bits per heavy atom. The highest BCUT2D eigenvalue weighted by Gasteiger charge is 2.39. The summed E-state index contributed by atoms with van der Waals surface area (Å²) in [5.74, 6) is -4.91. The number of hydrogen-bond donors (Lipinski definition) is 6. The van der Waals surface area contributed by atoms with Crippen LogP contribution in [0.2, 0.25) is 0 Å². The Labute approximate surface area is 286 Å². The Hall–Kier alpha value is -5.75. The molecule has 0 radical (unpaired) electrons. The Morgan fingerprint density at radius 1 is 0.843 bits per heavy atom. The number of methoxy groups -OCH3 is 1. The molecule has 0 atom stereocenters. The van der Waals surface area contributed by atoms with Crippen molar-refractivity contribution in [1.82, 2.24) is 20.3 Å². The predicted molar refractivity (Wildman–Crippen MR) is 170 cm³/mol. The molecule has 0 bridgehead atoms. The van der Waals surface area contributed by atoms with Crippen LogP contribution in [0.5, 0.6) is 5.75 Å². The van der Waals surface area contributed by atoms with Crippen molar-refractivity contribution in [3.8, 4) is 5.75 Å². The van der Waals surface area contributed by atoms with Gasteiger partial charge >= 0.3 is 30.3 Å². The molecule has 0 aliphatic carbocycles. The molecule has 4 aromatic rings. The standard InChI is InChI=1S/C28H33N5O4.2C2HF3O2/c1-6-19-24(26(34)30-16-23-31-20-9-7-8-10-21(20)32-23)22(33-25(19)27(35)37-28(2,3)4)15-29-17-11-13-18(36-5)14-12-17;2*3-2(4,5)1(6)7/h7-14,29,33H,6,15-16H2,1-5H3,(H,30,34)(H,31,32);2*(H,6,7). The van der Waals surface area contributed by atoms with Crippen LogP contribution in [0, 0.1) is 0 Å². The zero-order chi connectivity index (χ0) is 38.7. The zero-order valence-corrected chi connectivity index (χ0v) is 27.8. The number of imidazole rings is 1. The lowest BCUT2D eigenvalue weighted by Crippen LogP contribution is -2.26. The molecule has 4 rings (SSSR count). The Balaban J connectivity index is 0.000000543. The average molecular weight is 732 g/mol. The number of aliphatic carboxylic acids is 2. The summed E-state index contributed by atoms with van der Waals surface area (Å²) < 4.78 is 74.3. The quantitative estimate of drug-likeness (QED) is 0.0849. The van der Waals surface area contributed by atoms with Crippen LogP contribution in [-0.4, -0.2) is 74.0 Å². The second kappa shape index (κ2) is 17.3. The number of rotatable bonds is 9. The number of anilines is 1. The predicted octanol–water partition coefficient (Wildman–Crippen LogP) is 6.23. The normalized spacial score (nSPS) is 11.4. The third-order valence-electron chi connectivity index (χ3n) is 6.26. The summed E-state index contributed by atoms with van der Waals surface area (Å²) in [6.07, 6.45) is -9.69. The Bertz CT molecular complexity index is 1750. The van der Waals surface area contributed by atoms with Crippen LogP contribution in [0.1, 0.15) is 65.6 Å². The van der Waals surface area contributed by atoms with Crippen LogP contribution in [0.15, 0.2) is 48.5 Å². The van der Waals surface area contributed by atoms with E-state index in [1.807, 2.05) is 76.2 Å². The van der Waals surface area contributed by atoms with Gasteiger partial charge in [0.25, 0.3) is 5.91 Å². The van der Waals surface area contributed by atoms with E-state index in [1.165, 1.54) is 0 Å². The molecule has 19 heteroatoms. The fraction of sp³-hybridized carbons (Fsp3) is 0.344. The number of hydrogen-bond acceptors (Lipinski definition) is 8. The summed E-state index contributed by atoms with van der Waals surface area (Å²) in [5, 5.41) is 20.5. The van der Waals surface area contributed by atoms with Gasteiger partial charge in [0.2, 0.25) is 0 Å². The second-order valence-electron chi connectivity index (χ2n) is 11.3. The molecule has 2 aromatic carbocycles. The van der Waals surface area contributed by atoms with Crippen molar-refractivity contribution >= 4 is 40.5 Å². The number of esters is 1. The maximum absolute atomic E-state index is 13.5. The number of carbonyl (C=O) groups excluding carboxylic acids is 2. The maximum atomic E-state index is 13.5. The lowest BCUT2D eigenvalue weighted by molar-refractivity contribution is -0.193. The molecule has 13 nitrogen and oxygen atoms in total. The van der Waals surface area contributed by atoms with Crippen LogP contribution in [-0.2, 0) is 33.8 Å². The number of carboxylic acid groups (broad SMARTS) is 2. The van der Waals surface area contributed by atoms with Crippen LogP contribution in [0.25, 0.3) is 11.0 Å². The number of aromatic amines is 2. The number of amides is 1. The number of alkyl halides is 6. The number of nitrogens with zero attached hydrogens (tertiary/aromatic N) is 1. The molecule has 2 heterocycles. The van der Waals surface area contributed by atoms with E-state index in [0.29, 0.717) is 35.6 Å². The molecule has 0 fully saturated rings. The van der Waals surface area contributed by atoms with Gasteiger partial charge in [-0.3, -0.25) is 4.79 Å². The molecule has 6 N–H and O–H groups in total. The summed E-state index contributed by atoms with van der Waals surface area (Å²) in [6, 6.07) is 15.2. The van der Waals surface area contributed by atoms with Gasteiger partial charge in [0, 0.05) is 11.4 Å². The largest absolute Gasteiger partial charge is 0.497 e. The molecule has 0 aliphatic heterocycles. The van der Waals surface area contributed by atoms with Crippen molar-refractivity contribution < 1.29 is 65.2 Å². The highest BCUT2D eigenvalue weighted by Crippen LogP contribution is 2.25. The van der Waals surface area contributed by atoms with Gasteiger partial charge in [-0.25, -0.2) is 19.4 Å². The van der Waals surface area contributed by atoms with E-state index in [9.17, 15) is 35.9 Å². The molecule has 0 spiro atoms. The van der Waals surface area contributed by atoms with Crippen molar-refractivity contribution in [2.75, 3.05) is 12.4 Å². The molecule has 1 amide bonds. The highest BCUT2D eigenvalue weighted by atomic mass is 19.4. The summed E-state index contributed by atoms with van der Waals surface area (Å²) in [6.45, 7) is 7.86. The van der Waals surface area contributed by atoms with Gasteiger partial charge in [0.15, 0.2) is 0 Å². The minimum absolute atomic E-state index is 0.217. The average Bonchev–Trinajstić information content (AvgIpc) is 3.63. The number of carbonyl (C=O) groups is 4. The number of H-pyrrole nitrogens is 2. The third kappa shape index (κ3) is 12.9. The molecular weight excluding hydrogens is 696 g/mol. The molecule has 278 valence electrons. The van der Waals surface area contributed by atoms with Crippen LogP contribution in [0.4, 0.5) is 32.0 Å². The Kier molecular flexibility index (Phi) is 14.0. The van der Waals surface area contributed by atoms with Gasteiger partial charge in [-0.15, -0.1) is 0 Å². The van der Waals surface area contributed by atoms with Crippen LogP contribution in [0.3, 0.4) is 0 Å². The number of halogens is 6. The maximum Gasteiger partial charge on any atom is 0.490 e.